The molecular weight excluding hydrogens is 550 g/mol. The van der Waals surface area contributed by atoms with Crippen LogP contribution < -0.4 is 14.9 Å². The van der Waals surface area contributed by atoms with Crippen molar-refractivity contribution in [2.24, 2.45) is 5.10 Å². The number of hydrazone groups is 1. The zero-order valence-corrected chi connectivity index (χ0v) is 21.0. The van der Waals surface area contributed by atoms with Gasteiger partial charge in [0.2, 0.25) is 5.91 Å². The van der Waals surface area contributed by atoms with Gasteiger partial charge < -0.3 is 9.47 Å². The summed E-state index contributed by atoms with van der Waals surface area (Å²) in [5.41, 5.74) is 5.51. The van der Waals surface area contributed by atoms with Crippen molar-refractivity contribution in [2.45, 2.75) is 20.0 Å². The Morgan fingerprint density at radius 3 is 2.61 bits per heavy atom. The molecule has 0 fully saturated rings. The van der Waals surface area contributed by atoms with Gasteiger partial charge in [-0.3, -0.25) is 4.79 Å². The maximum Gasteiger partial charge on any atom is 0.244 e. The molecule has 0 heterocycles. The van der Waals surface area contributed by atoms with Gasteiger partial charge >= 0.3 is 0 Å². The van der Waals surface area contributed by atoms with Gasteiger partial charge in [0.15, 0.2) is 11.5 Å². The fraction of sp³-hybridized carbons (Fsp3) is 0.160. The third kappa shape index (κ3) is 7.17. The minimum Gasteiger partial charge on any atom is -0.490 e. The molecule has 0 radical (unpaired) electrons. The second kappa shape index (κ2) is 12.2. The van der Waals surface area contributed by atoms with Crippen LogP contribution in [0.2, 0.25) is 0 Å². The molecule has 0 saturated heterocycles. The minimum atomic E-state index is -0.214. The molecule has 33 heavy (non-hydrogen) atoms. The molecule has 0 aromatic heterocycles. The van der Waals surface area contributed by atoms with E-state index in [2.05, 4.69) is 48.5 Å². The van der Waals surface area contributed by atoms with Gasteiger partial charge in [0.05, 0.1) is 35.3 Å². The van der Waals surface area contributed by atoms with E-state index in [1.807, 2.05) is 55.5 Å². The Balaban J connectivity index is 1.68. The van der Waals surface area contributed by atoms with E-state index in [1.165, 1.54) is 0 Å². The first-order valence-electron chi connectivity index (χ1n) is 10.1. The highest BCUT2D eigenvalue weighted by molar-refractivity contribution is 9.10. The van der Waals surface area contributed by atoms with Crippen LogP contribution in [0.3, 0.4) is 0 Å². The fourth-order valence-electron chi connectivity index (χ4n) is 2.98. The minimum absolute atomic E-state index is 0.214. The first-order valence-corrected chi connectivity index (χ1v) is 11.7. The topological polar surface area (TPSA) is 83.7 Å². The van der Waals surface area contributed by atoms with Crippen LogP contribution in [0.15, 0.2) is 74.7 Å². The van der Waals surface area contributed by atoms with Crippen LogP contribution in [0.25, 0.3) is 0 Å². The summed E-state index contributed by atoms with van der Waals surface area (Å²) in [5.74, 6) is 0.846. The van der Waals surface area contributed by atoms with E-state index in [4.69, 9.17) is 9.47 Å². The number of halogens is 2. The molecule has 3 aromatic carbocycles. The number of amides is 1. The number of carbonyl (C=O) groups is 1. The average molecular weight is 571 g/mol. The summed E-state index contributed by atoms with van der Waals surface area (Å²) in [5, 5.41) is 13.3. The lowest BCUT2D eigenvalue weighted by atomic mass is 10.1. The molecule has 0 atom stereocenters. The Labute approximate surface area is 209 Å². The number of nitrogens with one attached hydrogen (secondary N) is 1. The van der Waals surface area contributed by atoms with Gasteiger partial charge in [0.25, 0.3) is 0 Å². The van der Waals surface area contributed by atoms with Crippen LogP contribution in [-0.2, 0) is 17.8 Å². The summed E-state index contributed by atoms with van der Waals surface area (Å²) in [6, 6.07) is 20.6. The van der Waals surface area contributed by atoms with Gasteiger partial charge in [-0.2, -0.15) is 10.4 Å². The fourth-order valence-corrected chi connectivity index (χ4v) is 3.82. The number of hydrogen-bond donors (Lipinski definition) is 1. The van der Waals surface area contributed by atoms with E-state index in [0.29, 0.717) is 28.1 Å². The molecule has 6 nitrogen and oxygen atoms in total. The van der Waals surface area contributed by atoms with E-state index in [-0.39, 0.29) is 18.9 Å². The molecule has 3 rings (SSSR count). The molecule has 1 amide bonds. The van der Waals surface area contributed by atoms with Crippen molar-refractivity contribution in [3.63, 3.8) is 0 Å². The number of nitrogens with zero attached hydrogens (tertiary/aromatic N) is 2. The lowest BCUT2D eigenvalue weighted by Crippen LogP contribution is -2.19. The third-order valence-corrected chi connectivity index (χ3v) is 5.64. The van der Waals surface area contributed by atoms with Gasteiger partial charge in [0.1, 0.15) is 6.61 Å². The van der Waals surface area contributed by atoms with Crippen LogP contribution in [-0.4, -0.2) is 18.7 Å². The number of nitriles is 1. The zero-order chi connectivity index (χ0) is 23.6. The normalized spacial score (nSPS) is 10.6. The lowest BCUT2D eigenvalue weighted by molar-refractivity contribution is -0.120. The van der Waals surface area contributed by atoms with E-state index < -0.39 is 0 Å². The maximum absolute atomic E-state index is 12.1. The number of carbonyl (C=O) groups excluding carboxylic acids is 1. The van der Waals surface area contributed by atoms with Crippen LogP contribution >= 0.6 is 31.9 Å². The predicted molar refractivity (Wildman–Crippen MR) is 134 cm³/mol. The summed E-state index contributed by atoms with van der Waals surface area (Å²) in [6.07, 6.45) is 1.77. The quantitative estimate of drug-likeness (QED) is 0.262. The second-order valence-electron chi connectivity index (χ2n) is 6.92. The van der Waals surface area contributed by atoms with Crippen LogP contribution in [0.4, 0.5) is 0 Å². The molecule has 8 heteroatoms. The SMILES string of the molecule is CCOc1cc(/C=N\NC(=O)Cc2ccc(Br)cc2)cc(Br)c1OCc1ccccc1C#N. The zero-order valence-electron chi connectivity index (χ0n) is 17.8. The van der Waals surface area contributed by atoms with Gasteiger partial charge in [0, 0.05) is 10.0 Å². The van der Waals surface area contributed by atoms with E-state index in [9.17, 15) is 10.1 Å². The molecule has 0 aliphatic carbocycles. The smallest absolute Gasteiger partial charge is 0.244 e. The highest BCUT2D eigenvalue weighted by atomic mass is 79.9. The molecule has 0 saturated carbocycles. The monoisotopic (exact) mass is 569 g/mol. The Kier molecular flexibility index (Phi) is 9.04. The van der Waals surface area contributed by atoms with Gasteiger partial charge in [-0.1, -0.05) is 46.3 Å². The first-order chi connectivity index (χ1) is 16.0. The largest absolute Gasteiger partial charge is 0.490 e. The van der Waals surface area contributed by atoms with Crippen LogP contribution in [0.5, 0.6) is 11.5 Å². The molecule has 1 N–H and O–H groups in total. The average Bonchev–Trinajstić information content (AvgIpc) is 2.80. The second-order valence-corrected chi connectivity index (χ2v) is 8.69. The van der Waals surface area contributed by atoms with Crippen molar-refractivity contribution < 1.29 is 14.3 Å². The van der Waals surface area contributed by atoms with E-state index in [0.717, 1.165) is 21.2 Å². The number of ether oxygens (including phenoxy) is 2. The Hall–Kier alpha value is -3.15. The van der Waals surface area contributed by atoms with Crippen molar-refractivity contribution in [1.29, 1.82) is 5.26 Å². The van der Waals surface area contributed by atoms with E-state index >= 15 is 0 Å². The number of rotatable bonds is 9. The third-order valence-electron chi connectivity index (χ3n) is 4.52. The Morgan fingerprint density at radius 2 is 1.88 bits per heavy atom. The van der Waals surface area contributed by atoms with Crippen molar-refractivity contribution >= 4 is 44.0 Å². The molecule has 0 bridgehead atoms. The molecule has 3 aromatic rings. The summed E-state index contributed by atoms with van der Waals surface area (Å²) in [7, 11) is 0. The summed E-state index contributed by atoms with van der Waals surface area (Å²) in [6.45, 7) is 2.55. The van der Waals surface area contributed by atoms with Crippen molar-refractivity contribution in [1.82, 2.24) is 5.43 Å². The van der Waals surface area contributed by atoms with Gasteiger partial charge in [-0.25, -0.2) is 5.43 Å². The highest BCUT2D eigenvalue weighted by Gasteiger charge is 2.13. The summed E-state index contributed by atoms with van der Waals surface area (Å²) in [4.78, 5) is 12.1. The molecule has 0 unspecified atom stereocenters. The molecule has 168 valence electrons. The molecule has 0 spiro atoms. The van der Waals surface area contributed by atoms with Crippen LogP contribution in [0.1, 0.15) is 29.2 Å². The van der Waals surface area contributed by atoms with Gasteiger partial charge in [-0.15, -0.1) is 0 Å². The number of hydrogen-bond acceptors (Lipinski definition) is 5. The van der Waals surface area contributed by atoms with E-state index in [1.54, 1.807) is 18.3 Å². The standard InChI is InChI=1S/C25H21Br2N3O3/c1-2-32-23-12-18(15-29-30-24(31)13-17-7-9-21(26)10-8-17)11-22(27)25(23)33-16-20-6-4-3-5-19(20)14-28/h3-12,15H,2,13,16H2,1H3,(H,30,31)/b29-15-. The van der Waals surface area contributed by atoms with Crippen molar-refractivity contribution in [3.05, 3.63) is 91.9 Å². The first kappa shape index (κ1) is 24.5. The van der Waals surface area contributed by atoms with Crippen molar-refractivity contribution in [3.8, 4) is 17.6 Å². The summed E-state index contributed by atoms with van der Waals surface area (Å²) < 4.78 is 13.4. The lowest BCUT2D eigenvalue weighted by Gasteiger charge is -2.15. The van der Waals surface area contributed by atoms with Crippen molar-refractivity contribution in [2.75, 3.05) is 6.61 Å². The maximum atomic E-state index is 12.1. The Morgan fingerprint density at radius 1 is 1.12 bits per heavy atom. The Bertz CT molecular complexity index is 1190. The molecule has 0 aliphatic heterocycles. The summed E-state index contributed by atoms with van der Waals surface area (Å²) >= 11 is 6.90. The van der Waals surface area contributed by atoms with Crippen LogP contribution in [0, 0.1) is 11.3 Å². The predicted octanol–water partition coefficient (Wildman–Crippen LogP) is 5.75. The number of benzene rings is 3. The molecule has 0 aliphatic rings. The highest BCUT2D eigenvalue weighted by Crippen LogP contribution is 2.37. The molecular formula is C25H21Br2N3O3. The van der Waals surface area contributed by atoms with Gasteiger partial charge in [-0.05, 0) is 64.3 Å².